The van der Waals surface area contributed by atoms with Gasteiger partial charge in [0.2, 0.25) is 10.0 Å². The molecule has 0 aliphatic carbocycles. The van der Waals surface area contributed by atoms with Gasteiger partial charge in [0.05, 0.1) is 29.8 Å². The van der Waals surface area contributed by atoms with Gasteiger partial charge in [-0.15, -0.1) is 0 Å². The molecule has 1 saturated heterocycles. The molecule has 0 saturated carbocycles. The lowest BCUT2D eigenvalue weighted by Crippen LogP contribution is -2.43. The molecule has 1 aliphatic heterocycles. The number of sulfonamides is 1. The van der Waals surface area contributed by atoms with Crippen LogP contribution in [-0.2, 0) is 14.8 Å². The van der Waals surface area contributed by atoms with E-state index in [1.54, 1.807) is 12.3 Å². The summed E-state index contributed by atoms with van der Waals surface area (Å²) < 4.78 is 45.1. The molecule has 1 aromatic carbocycles. The van der Waals surface area contributed by atoms with Crippen molar-refractivity contribution in [1.29, 1.82) is 0 Å². The molecule has 0 unspecified atom stereocenters. The molecule has 1 fully saturated rings. The number of rotatable bonds is 3. The molecular formula is C13H14FN3O3S. The third kappa shape index (κ3) is 2.69. The SMILES string of the molecule is O=S(=O)(c1ccc(F)cc1)N1CCOC[C@H]1c1ccn[nH]1. The number of aromatic nitrogens is 2. The highest BCUT2D eigenvalue weighted by atomic mass is 32.2. The first-order valence-corrected chi connectivity index (χ1v) is 7.87. The van der Waals surface area contributed by atoms with Crippen LogP contribution in [0.3, 0.4) is 0 Å². The predicted octanol–water partition coefficient (Wildman–Crippen LogP) is 1.31. The maximum absolute atomic E-state index is 13.0. The summed E-state index contributed by atoms with van der Waals surface area (Å²) in [5.41, 5.74) is 0.667. The van der Waals surface area contributed by atoms with Crippen molar-refractivity contribution in [1.82, 2.24) is 14.5 Å². The van der Waals surface area contributed by atoms with Gasteiger partial charge in [-0.3, -0.25) is 5.10 Å². The number of benzene rings is 1. The lowest BCUT2D eigenvalue weighted by molar-refractivity contribution is 0.0306. The summed E-state index contributed by atoms with van der Waals surface area (Å²) >= 11 is 0. The molecule has 1 N–H and O–H groups in total. The Bertz CT molecular complexity index is 701. The zero-order chi connectivity index (χ0) is 14.9. The van der Waals surface area contributed by atoms with Crippen LogP contribution < -0.4 is 0 Å². The zero-order valence-corrected chi connectivity index (χ0v) is 11.9. The standard InChI is InChI=1S/C13H14FN3O3S/c14-10-1-3-11(4-2-10)21(18,19)17-7-8-20-9-13(17)12-5-6-15-16-12/h1-6,13H,7-9H2,(H,15,16)/t13-/m0/s1. The minimum absolute atomic E-state index is 0.0651. The molecule has 2 heterocycles. The molecule has 1 aromatic heterocycles. The molecule has 0 bridgehead atoms. The number of nitrogens with one attached hydrogen (secondary N) is 1. The largest absolute Gasteiger partial charge is 0.378 e. The van der Waals surface area contributed by atoms with Gasteiger partial charge >= 0.3 is 0 Å². The van der Waals surface area contributed by atoms with Crippen LogP contribution in [0.4, 0.5) is 4.39 Å². The molecule has 21 heavy (non-hydrogen) atoms. The normalized spacial score (nSPS) is 20.5. The summed E-state index contributed by atoms with van der Waals surface area (Å²) in [6, 6.07) is 6.06. The van der Waals surface area contributed by atoms with E-state index in [1.807, 2.05) is 0 Å². The third-order valence-electron chi connectivity index (χ3n) is 3.38. The van der Waals surface area contributed by atoms with Gasteiger partial charge in [0, 0.05) is 12.7 Å². The Balaban J connectivity index is 1.97. The summed E-state index contributed by atoms with van der Waals surface area (Å²) in [6.45, 7) is 0.817. The highest BCUT2D eigenvalue weighted by Gasteiger charge is 2.35. The van der Waals surface area contributed by atoms with Crippen molar-refractivity contribution in [3.63, 3.8) is 0 Å². The summed E-state index contributed by atoms with van der Waals surface area (Å²) in [5, 5.41) is 6.62. The summed E-state index contributed by atoms with van der Waals surface area (Å²) in [7, 11) is -3.72. The molecule has 1 atom stereocenters. The van der Waals surface area contributed by atoms with Crippen LogP contribution in [-0.4, -0.2) is 42.7 Å². The number of hydrogen-bond donors (Lipinski definition) is 1. The first kappa shape index (κ1) is 14.2. The van der Waals surface area contributed by atoms with Crippen molar-refractivity contribution >= 4 is 10.0 Å². The highest BCUT2D eigenvalue weighted by molar-refractivity contribution is 7.89. The number of ether oxygens (including phenoxy) is 1. The Kier molecular flexibility index (Phi) is 3.75. The molecular weight excluding hydrogens is 297 g/mol. The molecule has 0 radical (unpaired) electrons. The predicted molar refractivity (Wildman–Crippen MR) is 72.4 cm³/mol. The molecule has 1 aliphatic rings. The number of morpholine rings is 1. The minimum atomic E-state index is -3.72. The van der Waals surface area contributed by atoms with Crippen molar-refractivity contribution in [3.8, 4) is 0 Å². The van der Waals surface area contributed by atoms with Crippen LogP contribution in [0.1, 0.15) is 11.7 Å². The average molecular weight is 311 g/mol. The molecule has 3 rings (SSSR count). The number of aromatic amines is 1. The molecule has 8 heteroatoms. The zero-order valence-electron chi connectivity index (χ0n) is 11.1. The van der Waals surface area contributed by atoms with E-state index in [9.17, 15) is 12.8 Å². The quantitative estimate of drug-likeness (QED) is 0.927. The Hall–Kier alpha value is -1.77. The fourth-order valence-electron chi connectivity index (χ4n) is 2.32. The first-order chi connectivity index (χ1) is 10.1. The van der Waals surface area contributed by atoms with Crippen LogP contribution in [0.5, 0.6) is 0 Å². The maximum atomic E-state index is 13.0. The smallest absolute Gasteiger partial charge is 0.243 e. The van der Waals surface area contributed by atoms with Gasteiger partial charge in [0.1, 0.15) is 5.82 Å². The van der Waals surface area contributed by atoms with Crippen LogP contribution in [0.25, 0.3) is 0 Å². The maximum Gasteiger partial charge on any atom is 0.243 e. The fourth-order valence-corrected chi connectivity index (χ4v) is 3.89. The third-order valence-corrected chi connectivity index (χ3v) is 5.30. The first-order valence-electron chi connectivity index (χ1n) is 6.43. The van der Waals surface area contributed by atoms with Gasteiger partial charge in [-0.2, -0.15) is 9.40 Å². The van der Waals surface area contributed by atoms with Crippen molar-refractivity contribution in [2.45, 2.75) is 10.9 Å². The number of hydrogen-bond acceptors (Lipinski definition) is 4. The van der Waals surface area contributed by atoms with Crippen LogP contribution in [0, 0.1) is 5.82 Å². The molecule has 112 valence electrons. The van der Waals surface area contributed by atoms with Gasteiger partial charge in [-0.1, -0.05) is 0 Å². The van der Waals surface area contributed by atoms with Gasteiger partial charge in [-0.25, -0.2) is 12.8 Å². The number of H-pyrrole nitrogens is 1. The van der Waals surface area contributed by atoms with Gasteiger partial charge < -0.3 is 4.74 Å². The second-order valence-corrected chi connectivity index (χ2v) is 6.56. The number of halogens is 1. The Morgan fingerprint density at radius 3 is 2.71 bits per heavy atom. The number of nitrogens with zero attached hydrogens (tertiary/aromatic N) is 2. The summed E-state index contributed by atoms with van der Waals surface area (Å²) in [6.07, 6.45) is 1.56. The van der Waals surface area contributed by atoms with Gasteiger partial charge in [-0.05, 0) is 30.3 Å². The van der Waals surface area contributed by atoms with Crippen molar-refractivity contribution < 1.29 is 17.5 Å². The van der Waals surface area contributed by atoms with Gasteiger partial charge in [0.25, 0.3) is 0 Å². The summed E-state index contributed by atoms with van der Waals surface area (Å²) in [5.74, 6) is -0.471. The lowest BCUT2D eigenvalue weighted by atomic mass is 10.2. The Labute approximate surface area is 121 Å². The monoisotopic (exact) mass is 311 g/mol. The van der Waals surface area contributed by atoms with E-state index < -0.39 is 21.9 Å². The average Bonchev–Trinajstić information content (AvgIpc) is 3.02. The molecule has 2 aromatic rings. The minimum Gasteiger partial charge on any atom is -0.378 e. The Morgan fingerprint density at radius 1 is 1.29 bits per heavy atom. The highest BCUT2D eigenvalue weighted by Crippen LogP contribution is 2.29. The van der Waals surface area contributed by atoms with Crippen molar-refractivity contribution in [2.24, 2.45) is 0 Å². The van der Waals surface area contributed by atoms with Crippen molar-refractivity contribution in [3.05, 3.63) is 48.0 Å². The van der Waals surface area contributed by atoms with Crippen molar-refractivity contribution in [2.75, 3.05) is 19.8 Å². The van der Waals surface area contributed by atoms with E-state index >= 15 is 0 Å². The van der Waals surface area contributed by atoms with Gasteiger partial charge in [0.15, 0.2) is 0 Å². The summed E-state index contributed by atoms with van der Waals surface area (Å²) in [4.78, 5) is 0.0651. The second kappa shape index (κ2) is 5.55. The van der Waals surface area contributed by atoms with E-state index in [-0.39, 0.29) is 18.0 Å². The molecule has 0 spiro atoms. The topological polar surface area (TPSA) is 75.3 Å². The molecule has 0 amide bonds. The van der Waals surface area contributed by atoms with E-state index in [0.717, 1.165) is 12.1 Å². The van der Waals surface area contributed by atoms with E-state index in [0.29, 0.717) is 12.3 Å². The van der Waals surface area contributed by atoms with E-state index in [1.165, 1.54) is 16.4 Å². The second-order valence-electron chi connectivity index (χ2n) is 4.67. The Morgan fingerprint density at radius 2 is 2.05 bits per heavy atom. The van der Waals surface area contributed by atoms with E-state index in [2.05, 4.69) is 10.2 Å². The van der Waals surface area contributed by atoms with Crippen LogP contribution in [0.15, 0.2) is 41.4 Å². The van der Waals surface area contributed by atoms with E-state index in [4.69, 9.17) is 4.74 Å². The lowest BCUT2D eigenvalue weighted by Gasteiger charge is -2.33. The molecule has 6 nitrogen and oxygen atoms in total. The van der Waals surface area contributed by atoms with Crippen LogP contribution >= 0.6 is 0 Å². The van der Waals surface area contributed by atoms with Crippen LogP contribution in [0.2, 0.25) is 0 Å². The fraction of sp³-hybridized carbons (Fsp3) is 0.308.